The van der Waals surface area contributed by atoms with Crippen LogP contribution < -0.4 is 16.0 Å². The first-order chi connectivity index (χ1) is 9.63. The molecule has 4 nitrogen and oxygen atoms in total. The van der Waals surface area contributed by atoms with Gasteiger partial charge in [0.1, 0.15) is 5.75 Å². The van der Waals surface area contributed by atoms with E-state index in [1.54, 1.807) is 13.3 Å². The van der Waals surface area contributed by atoms with E-state index in [0.29, 0.717) is 0 Å². The van der Waals surface area contributed by atoms with Gasteiger partial charge in [0.2, 0.25) is 0 Å². The lowest BCUT2D eigenvalue weighted by molar-refractivity contribution is 0.398. The molecule has 1 heterocycles. The summed E-state index contributed by atoms with van der Waals surface area (Å²) >= 11 is 6.86. The normalized spacial score (nSPS) is 12.2. The van der Waals surface area contributed by atoms with Gasteiger partial charge in [0.15, 0.2) is 0 Å². The smallest absolute Gasteiger partial charge is 0.124 e. The lowest BCUT2D eigenvalue weighted by atomic mass is 9.99. The minimum absolute atomic E-state index is 0.0471. The Bertz CT molecular complexity index is 592. The van der Waals surface area contributed by atoms with Gasteiger partial charge in [-0.05, 0) is 46.1 Å². The molecule has 1 atom stereocenters. The maximum atomic E-state index is 5.70. The predicted octanol–water partition coefficient (Wildman–Crippen LogP) is 3.36. The van der Waals surface area contributed by atoms with Crippen LogP contribution in [0.4, 0.5) is 0 Å². The van der Waals surface area contributed by atoms with Crippen LogP contribution in [0.5, 0.6) is 5.75 Å². The zero-order valence-electron chi connectivity index (χ0n) is 10.9. The molecule has 0 saturated carbocycles. The fraction of sp³-hybridized carbons (Fsp3) is 0.214. The molecule has 0 fully saturated rings. The summed E-state index contributed by atoms with van der Waals surface area (Å²) in [6, 6.07) is 7.89. The number of methoxy groups -OCH3 is 1. The van der Waals surface area contributed by atoms with Gasteiger partial charge in [-0.2, -0.15) is 0 Å². The molecule has 2 aromatic rings. The minimum Gasteiger partial charge on any atom is -0.496 e. The van der Waals surface area contributed by atoms with Gasteiger partial charge in [-0.1, -0.05) is 22.0 Å². The molecule has 0 bridgehead atoms. The number of aromatic nitrogens is 1. The number of hydrazine groups is 1. The maximum Gasteiger partial charge on any atom is 0.124 e. The average molecular weight is 401 g/mol. The molecule has 0 aliphatic rings. The van der Waals surface area contributed by atoms with E-state index in [1.165, 1.54) is 0 Å². The maximum absolute atomic E-state index is 5.70. The van der Waals surface area contributed by atoms with Gasteiger partial charge in [-0.25, -0.2) is 0 Å². The molecule has 0 radical (unpaired) electrons. The van der Waals surface area contributed by atoms with Gasteiger partial charge < -0.3 is 4.74 Å². The molecule has 1 unspecified atom stereocenters. The van der Waals surface area contributed by atoms with Gasteiger partial charge in [0.05, 0.1) is 13.2 Å². The molecular formula is C14H15Br2N3O. The van der Waals surface area contributed by atoms with Crippen LogP contribution in [0.25, 0.3) is 0 Å². The minimum atomic E-state index is -0.0471. The number of halogens is 2. The van der Waals surface area contributed by atoms with Crippen LogP contribution in [-0.2, 0) is 6.42 Å². The molecule has 0 aliphatic heterocycles. The largest absolute Gasteiger partial charge is 0.496 e. The number of nitrogens with one attached hydrogen (secondary N) is 1. The van der Waals surface area contributed by atoms with Crippen LogP contribution in [-0.4, -0.2) is 12.1 Å². The highest BCUT2D eigenvalue weighted by molar-refractivity contribution is 9.10. The number of nitrogens with zero attached hydrogens (tertiary/aromatic N) is 1. The number of hydrogen-bond acceptors (Lipinski definition) is 4. The number of benzene rings is 1. The lowest BCUT2D eigenvalue weighted by Crippen LogP contribution is -2.30. The van der Waals surface area contributed by atoms with Gasteiger partial charge in [0.25, 0.3) is 0 Å². The Morgan fingerprint density at radius 2 is 2.05 bits per heavy atom. The molecule has 0 spiro atoms. The molecular weight excluding hydrogens is 386 g/mol. The fourth-order valence-corrected chi connectivity index (χ4v) is 2.79. The molecule has 0 aliphatic carbocycles. The van der Waals surface area contributed by atoms with Crippen molar-refractivity contribution in [3.63, 3.8) is 0 Å². The standard InChI is InChI=1S/C14H15Br2N3O/c1-20-14-6-10(15)2-3-12(14)13(19-17)5-9-4-11(16)8-18-7-9/h2-4,6-8,13,19H,5,17H2,1H3. The summed E-state index contributed by atoms with van der Waals surface area (Å²) in [7, 11) is 1.65. The monoisotopic (exact) mass is 399 g/mol. The lowest BCUT2D eigenvalue weighted by Gasteiger charge is -2.19. The molecule has 1 aromatic carbocycles. The van der Waals surface area contributed by atoms with Crippen molar-refractivity contribution in [2.24, 2.45) is 5.84 Å². The first-order valence-corrected chi connectivity index (χ1v) is 7.61. The number of ether oxygens (including phenoxy) is 1. The van der Waals surface area contributed by atoms with Crippen molar-refractivity contribution in [2.45, 2.75) is 12.5 Å². The summed E-state index contributed by atoms with van der Waals surface area (Å²) in [5.41, 5.74) is 4.94. The van der Waals surface area contributed by atoms with Crippen molar-refractivity contribution in [3.05, 3.63) is 56.7 Å². The average Bonchev–Trinajstić information content (AvgIpc) is 2.45. The van der Waals surface area contributed by atoms with E-state index >= 15 is 0 Å². The SMILES string of the molecule is COc1cc(Br)ccc1C(Cc1cncc(Br)c1)NN. The first-order valence-electron chi connectivity index (χ1n) is 6.03. The highest BCUT2D eigenvalue weighted by Gasteiger charge is 2.16. The predicted molar refractivity (Wildman–Crippen MR) is 86.4 cm³/mol. The Hall–Kier alpha value is -0.950. The second-order valence-corrected chi connectivity index (χ2v) is 6.15. The van der Waals surface area contributed by atoms with Crippen molar-refractivity contribution < 1.29 is 4.74 Å². The van der Waals surface area contributed by atoms with E-state index in [9.17, 15) is 0 Å². The van der Waals surface area contributed by atoms with Gasteiger partial charge in [-0.3, -0.25) is 16.3 Å². The van der Waals surface area contributed by atoms with Crippen molar-refractivity contribution in [3.8, 4) is 5.75 Å². The third kappa shape index (κ3) is 3.79. The summed E-state index contributed by atoms with van der Waals surface area (Å²) in [5.74, 6) is 6.50. The van der Waals surface area contributed by atoms with Crippen molar-refractivity contribution in [1.82, 2.24) is 10.4 Å². The molecule has 106 valence electrons. The number of nitrogens with two attached hydrogens (primary N) is 1. The highest BCUT2D eigenvalue weighted by atomic mass is 79.9. The molecule has 20 heavy (non-hydrogen) atoms. The Morgan fingerprint density at radius 3 is 2.70 bits per heavy atom. The Balaban J connectivity index is 2.28. The fourth-order valence-electron chi connectivity index (χ4n) is 2.03. The summed E-state index contributed by atoms with van der Waals surface area (Å²) < 4.78 is 7.34. The van der Waals surface area contributed by atoms with E-state index in [-0.39, 0.29) is 6.04 Å². The third-order valence-electron chi connectivity index (χ3n) is 2.97. The zero-order valence-corrected chi connectivity index (χ0v) is 14.1. The summed E-state index contributed by atoms with van der Waals surface area (Å²) in [6.45, 7) is 0. The number of pyridine rings is 1. The van der Waals surface area contributed by atoms with Crippen molar-refractivity contribution >= 4 is 31.9 Å². The molecule has 3 N–H and O–H groups in total. The van der Waals surface area contributed by atoms with E-state index in [2.05, 4.69) is 42.3 Å². The molecule has 0 amide bonds. The second kappa shape index (κ2) is 7.17. The number of rotatable bonds is 5. The van der Waals surface area contributed by atoms with Crippen LogP contribution in [0.15, 0.2) is 45.6 Å². The van der Waals surface area contributed by atoms with Crippen LogP contribution in [0.3, 0.4) is 0 Å². The van der Waals surface area contributed by atoms with Gasteiger partial charge in [0, 0.05) is 26.9 Å². The van der Waals surface area contributed by atoms with Crippen LogP contribution in [0, 0.1) is 0 Å². The van der Waals surface area contributed by atoms with Crippen LogP contribution >= 0.6 is 31.9 Å². The quantitative estimate of drug-likeness (QED) is 0.596. The number of hydrogen-bond donors (Lipinski definition) is 2. The van der Waals surface area contributed by atoms with Crippen molar-refractivity contribution in [1.29, 1.82) is 0 Å². The molecule has 0 saturated heterocycles. The third-order valence-corrected chi connectivity index (χ3v) is 3.90. The highest BCUT2D eigenvalue weighted by Crippen LogP contribution is 2.30. The summed E-state index contributed by atoms with van der Waals surface area (Å²) in [5, 5.41) is 0. The van der Waals surface area contributed by atoms with E-state index in [4.69, 9.17) is 10.6 Å². The Morgan fingerprint density at radius 1 is 1.25 bits per heavy atom. The van der Waals surface area contributed by atoms with E-state index in [0.717, 1.165) is 32.2 Å². The zero-order chi connectivity index (χ0) is 14.5. The first kappa shape index (κ1) is 15.4. The van der Waals surface area contributed by atoms with E-state index in [1.807, 2.05) is 30.5 Å². The Labute approximate surface area is 135 Å². The van der Waals surface area contributed by atoms with Crippen LogP contribution in [0.2, 0.25) is 0 Å². The van der Waals surface area contributed by atoms with E-state index < -0.39 is 0 Å². The Kier molecular flexibility index (Phi) is 5.54. The van der Waals surface area contributed by atoms with Crippen molar-refractivity contribution in [2.75, 3.05) is 7.11 Å². The second-order valence-electron chi connectivity index (χ2n) is 4.32. The molecule has 6 heteroatoms. The molecule has 1 aromatic heterocycles. The summed E-state index contributed by atoms with van der Waals surface area (Å²) in [4.78, 5) is 4.17. The topological polar surface area (TPSA) is 60.2 Å². The molecule has 2 rings (SSSR count). The summed E-state index contributed by atoms with van der Waals surface area (Å²) in [6.07, 6.45) is 4.32. The van der Waals surface area contributed by atoms with Gasteiger partial charge in [-0.15, -0.1) is 0 Å². The van der Waals surface area contributed by atoms with Gasteiger partial charge >= 0.3 is 0 Å². The van der Waals surface area contributed by atoms with Crippen LogP contribution in [0.1, 0.15) is 17.2 Å².